The van der Waals surface area contributed by atoms with Crippen LogP contribution >= 0.6 is 0 Å². The Kier molecular flexibility index (Phi) is 1.94. The fourth-order valence-corrected chi connectivity index (χ4v) is 2.18. The van der Waals surface area contributed by atoms with E-state index >= 15 is 0 Å². The van der Waals surface area contributed by atoms with Crippen LogP contribution < -0.4 is 5.01 Å². The Morgan fingerprint density at radius 3 is 2.80 bits per heavy atom. The van der Waals surface area contributed by atoms with Crippen molar-refractivity contribution in [3.05, 3.63) is 30.3 Å². The van der Waals surface area contributed by atoms with Crippen LogP contribution in [0.1, 0.15) is 12.8 Å². The molecule has 2 heterocycles. The van der Waals surface area contributed by atoms with Crippen molar-refractivity contribution in [2.24, 2.45) is 5.10 Å². The van der Waals surface area contributed by atoms with Crippen molar-refractivity contribution in [3.8, 4) is 0 Å². The summed E-state index contributed by atoms with van der Waals surface area (Å²) in [6, 6.07) is 9.96. The van der Waals surface area contributed by atoms with E-state index in [-0.39, 0.29) is 6.07 Å². The number of amidine groups is 1. The van der Waals surface area contributed by atoms with E-state index in [1.807, 2.05) is 35.3 Å². The molecule has 2 radical (unpaired) electrons. The van der Waals surface area contributed by atoms with Crippen LogP contribution in [0, 0.1) is 0 Å². The minimum atomic E-state index is -0.120. The van der Waals surface area contributed by atoms with Crippen LogP contribution in [-0.2, 0) is 0 Å². The Hall–Kier alpha value is -1.45. The van der Waals surface area contributed by atoms with Crippen molar-refractivity contribution < 1.29 is 0 Å². The van der Waals surface area contributed by atoms with Gasteiger partial charge >= 0.3 is 0 Å². The van der Waals surface area contributed by atoms with Crippen molar-refractivity contribution in [2.75, 3.05) is 11.6 Å². The van der Waals surface area contributed by atoms with E-state index in [1.165, 1.54) is 6.42 Å². The molecule has 0 aromatic heterocycles. The zero-order chi connectivity index (χ0) is 10.3. The Morgan fingerprint density at radius 2 is 2.07 bits per heavy atom. The maximum Gasteiger partial charge on any atom is 0.132 e. The van der Waals surface area contributed by atoms with Gasteiger partial charge < -0.3 is 4.90 Å². The van der Waals surface area contributed by atoms with Gasteiger partial charge in [0.1, 0.15) is 13.7 Å². The summed E-state index contributed by atoms with van der Waals surface area (Å²) in [6.07, 6.45) is 2.23. The lowest BCUT2D eigenvalue weighted by Crippen LogP contribution is -2.40. The van der Waals surface area contributed by atoms with Crippen LogP contribution in [0.5, 0.6) is 0 Å². The molecule has 1 fully saturated rings. The minimum Gasteiger partial charge on any atom is -0.345 e. The summed E-state index contributed by atoms with van der Waals surface area (Å²) in [4.78, 5) is 2.17. The zero-order valence-electron chi connectivity index (χ0n) is 8.50. The van der Waals surface area contributed by atoms with Gasteiger partial charge in [-0.1, -0.05) is 18.2 Å². The second-order valence-corrected chi connectivity index (χ2v) is 3.91. The molecule has 15 heavy (non-hydrogen) atoms. The molecule has 0 spiro atoms. The second-order valence-electron chi connectivity index (χ2n) is 3.91. The first kappa shape index (κ1) is 8.83. The lowest BCUT2D eigenvalue weighted by Gasteiger charge is -2.26. The lowest BCUT2D eigenvalue weighted by molar-refractivity contribution is 0.438. The molecule has 0 N–H and O–H groups in total. The molecule has 0 amide bonds. The summed E-state index contributed by atoms with van der Waals surface area (Å²) >= 11 is 0. The third-order valence-electron chi connectivity index (χ3n) is 2.94. The Bertz CT molecular complexity index is 390. The van der Waals surface area contributed by atoms with Gasteiger partial charge in [-0.05, 0) is 18.6 Å². The molecule has 3 nitrogen and oxygen atoms in total. The van der Waals surface area contributed by atoms with Crippen LogP contribution in [0.25, 0.3) is 0 Å². The third kappa shape index (κ3) is 1.32. The number of fused-ring (bicyclic) bond motifs is 1. The molecular weight excluding hydrogens is 185 g/mol. The number of hydrazone groups is 1. The molecule has 0 saturated carbocycles. The van der Waals surface area contributed by atoms with E-state index in [0.717, 1.165) is 24.5 Å². The third-order valence-corrected chi connectivity index (χ3v) is 2.94. The van der Waals surface area contributed by atoms with Gasteiger partial charge in [0, 0.05) is 13.0 Å². The maximum absolute atomic E-state index is 6.13. The SMILES string of the molecule is [B]C1N2CCCC2=NN1c1ccccc1. The molecular formula is C11H12BN3. The molecule has 1 atom stereocenters. The van der Waals surface area contributed by atoms with E-state index in [4.69, 9.17) is 7.85 Å². The lowest BCUT2D eigenvalue weighted by atomic mass is 10.0. The number of benzene rings is 1. The highest BCUT2D eigenvalue weighted by Gasteiger charge is 2.33. The van der Waals surface area contributed by atoms with Gasteiger partial charge in [-0.15, -0.1) is 0 Å². The van der Waals surface area contributed by atoms with Crippen LogP contribution in [0.4, 0.5) is 5.69 Å². The standard InChI is InChI=1S/C11H12BN3/c12-11-14-8-4-7-10(14)13-15(11)9-5-2-1-3-6-9/h1-3,5-6,11H,4,7-8H2. The van der Waals surface area contributed by atoms with Gasteiger partial charge in [0.2, 0.25) is 0 Å². The van der Waals surface area contributed by atoms with Gasteiger partial charge in [-0.25, -0.2) is 0 Å². The highest BCUT2D eigenvalue weighted by atomic mass is 15.6. The van der Waals surface area contributed by atoms with Gasteiger partial charge in [0.05, 0.1) is 11.8 Å². The average molecular weight is 197 g/mol. The van der Waals surface area contributed by atoms with Crippen LogP contribution in [0.15, 0.2) is 35.4 Å². The van der Waals surface area contributed by atoms with E-state index in [2.05, 4.69) is 10.0 Å². The van der Waals surface area contributed by atoms with Crippen molar-refractivity contribution >= 4 is 19.4 Å². The van der Waals surface area contributed by atoms with Crippen LogP contribution in [0.3, 0.4) is 0 Å². The summed E-state index contributed by atoms with van der Waals surface area (Å²) in [5.74, 6) is 1.13. The summed E-state index contributed by atoms with van der Waals surface area (Å²) in [5.41, 5.74) is 1.06. The maximum atomic E-state index is 6.13. The first-order chi connectivity index (χ1) is 7.36. The molecule has 2 aliphatic heterocycles. The van der Waals surface area contributed by atoms with Crippen molar-refractivity contribution in [1.29, 1.82) is 0 Å². The molecule has 2 aliphatic rings. The molecule has 0 aliphatic carbocycles. The molecule has 74 valence electrons. The first-order valence-corrected chi connectivity index (χ1v) is 5.30. The van der Waals surface area contributed by atoms with Gasteiger partial charge in [-0.3, -0.25) is 5.01 Å². The number of rotatable bonds is 1. The monoisotopic (exact) mass is 197 g/mol. The van der Waals surface area contributed by atoms with Crippen molar-refractivity contribution in [2.45, 2.75) is 18.9 Å². The van der Waals surface area contributed by atoms with Crippen LogP contribution in [-0.4, -0.2) is 31.2 Å². The van der Waals surface area contributed by atoms with E-state index < -0.39 is 0 Å². The largest absolute Gasteiger partial charge is 0.345 e. The van der Waals surface area contributed by atoms with Crippen molar-refractivity contribution in [3.63, 3.8) is 0 Å². The van der Waals surface area contributed by atoms with E-state index in [9.17, 15) is 0 Å². The molecule has 4 heteroatoms. The van der Waals surface area contributed by atoms with E-state index in [1.54, 1.807) is 0 Å². The fourth-order valence-electron chi connectivity index (χ4n) is 2.18. The smallest absolute Gasteiger partial charge is 0.132 e. The fraction of sp³-hybridized carbons (Fsp3) is 0.364. The summed E-state index contributed by atoms with van der Waals surface area (Å²) in [5, 5.41) is 6.45. The quantitative estimate of drug-likeness (QED) is 0.633. The summed E-state index contributed by atoms with van der Waals surface area (Å²) in [7, 11) is 6.13. The Labute approximate surface area is 90.8 Å². The summed E-state index contributed by atoms with van der Waals surface area (Å²) in [6.45, 7) is 1.03. The Balaban J connectivity index is 1.93. The average Bonchev–Trinajstić information content (AvgIpc) is 2.83. The van der Waals surface area contributed by atoms with Crippen molar-refractivity contribution in [1.82, 2.24) is 4.90 Å². The first-order valence-electron chi connectivity index (χ1n) is 5.30. The predicted molar refractivity (Wildman–Crippen MR) is 61.8 cm³/mol. The minimum absolute atomic E-state index is 0.120. The molecule has 0 bridgehead atoms. The number of nitrogens with zero attached hydrogens (tertiary/aromatic N) is 3. The normalized spacial score (nSPS) is 24.3. The topological polar surface area (TPSA) is 18.8 Å². The number of hydrogen-bond acceptors (Lipinski definition) is 3. The summed E-state index contributed by atoms with van der Waals surface area (Å²) < 4.78 is 0. The number of anilines is 1. The van der Waals surface area contributed by atoms with Gasteiger partial charge in [0.25, 0.3) is 0 Å². The van der Waals surface area contributed by atoms with E-state index in [0.29, 0.717) is 0 Å². The van der Waals surface area contributed by atoms with Crippen LogP contribution in [0.2, 0.25) is 0 Å². The highest BCUT2D eigenvalue weighted by Crippen LogP contribution is 2.27. The zero-order valence-corrected chi connectivity index (χ0v) is 8.50. The molecule has 1 unspecified atom stereocenters. The number of hydrogen-bond donors (Lipinski definition) is 0. The molecule has 1 saturated heterocycles. The molecule has 3 rings (SSSR count). The Morgan fingerprint density at radius 1 is 1.27 bits per heavy atom. The predicted octanol–water partition coefficient (Wildman–Crippen LogP) is 1.37. The molecule has 1 aromatic rings. The van der Waals surface area contributed by atoms with Gasteiger partial charge in [-0.2, -0.15) is 5.10 Å². The second kappa shape index (κ2) is 3.30. The number of para-hydroxylation sites is 1. The van der Waals surface area contributed by atoms with Gasteiger partial charge in [0.15, 0.2) is 0 Å². The molecule has 1 aromatic carbocycles. The highest BCUT2D eigenvalue weighted by molar-refractivity contribution is 6.16.